The molecule has 5 N–H and O–H groups in total. The zero-order valence-electron chi connectivity index (χ0n) is 12.5. The average Bonchev–Trinajstić information content (AvgIpc) is 3.27. The summed E-state index contributed by atoms with van der Waals surface area (Å²) >= 11 is 0. The minimum absolute atomic E-state index is 0.0718. The number of nitrogens with one attached hydrogen (secondary N) is 1. The molecule has 0 radical (unpaired) electrons. The summed E-state index contributed by atoms with van der Waals surface area (Å²) in [4.78, 5) is 10.1. The van der Waals surface area contributed by atoms with Crippen molar-refractivity contribution in [1.29, 1.82) is 0 Å². The molecule has 1 aliphatic carbocycles. The third-order valence-electron chi connectivity index (χ3n) is 3.73. The highest BCUT2D eigenvalue weighted by molar-refractivity contribution is 5.74. The van der Waals surface area contributed by atoms with Gasteiger partial charge in [0.1, 0.15) is 5.75 Å². The van der Waals surface area contributed by atoms with E-state index in [2.05, 4.69) is 5.32 Å². The van der Waals surface area contributed by atoms with Crippen molar-refractivity contribution in [2.24, 2.45) is 0 Å². The van der Waals surface area contributed by atoms with Crippen LogP contribution in [0.5, 0.6) is 5.75 Å². The van der Waals surface area contributed by atoms with Gasteiger partial charge in [0, 0.05) is 13.5 Å². The number of carbonyl (C=O) groups is 1. The van der Waals surface area contributed by atoms with Crippen molar-refractivity contribution in [3.8, 4) is 5.75 Å². The quantitative estimate of drug-likeness (QED) is 0.486. The molecule has 1 saturated carbocycles. The highest BCUT2D eigenvalue weighted by atomic mass is 16.8. The fourth-order valence-corrected chi connectivity index (χ4v) is 2.30. The van der Waals surface area contributed by atoms with Crippen molar-refractivity contribution in [2.45, 2.75) is 43.9 Å². The van der Waals surface area contributed by atoms with Crippen LogP contribution >= 0.6 is 0 Å². The van der Waals surface area contributed by atoms with Gasteiger partial charge in [-0.2, -0.15) is 0 Å². The number of benzene rings is 1. The molecule has 1 heterocycles. The maximum absolute atomic E-state index is 10.1. The number of ether oxygens (including phenoxy) is 1. The molecule has 2 aliphatic rings. The number of fused-ring (bicyclic) bond motifs is 1. The highest BCUT2D eigenvalue weighted by Crippen LogP contribution is 2.51. The summed E-state index contributed by atoms with van der Waals surface area (Å²) in [6, 6.07) is 4.93. The lowest BCUT2D eigenvalue weighted by Gasteiger charge is -2.26. The molecule has 1 fully saturated rings. The molecule has 0 bridgehead atoms. The second-order valence-electron chi connectivity index (χ2n) is 5.40. The second-order valence-corrected chi connectivity index (χ2v) is 5.40. The molecule has 1 aromatic rings. The number of aliphatic hydroxyl groups is 4. The minimum atomic E-state index is -2.99. The van der Waals surface area contributed by atoms with Crippen LogP contribution in [0.4, 0.5) is 0 Å². The molecule has 0 saturated heterocycles. The lowest BCUT2D eigenvalue weighted by Crippen LogP contribution is -2.51. The SMILES string of the molecule is CCC(=O)NC.OC1(O)Oc2cccc(C3CC3)c2C1(O)O. The molecular formula is C15H21NO6. The predicted molar refractivity (Wildman–Crippen MR) is 76.7 cm³/mol. The van der Waals surface area contributed by atoms with Gasteiger partial charge in [0.25, 0.3) is 5.79 Å². The summed E-state index contributed by atoms with van der Waals surface area (Å²) in [6.45, 7) is 1.82. The highest BCUT2D eigenvalue weighted by Gasteiger charge is 2.60. The van der Waals surface area contributed by atoms with Crippen molar-refractivity contribution < 1.29 is 30.0 Å². The zero-order valence-corrected chi connectivity index (χ0v) is 12.5. The van der Waals surface area contributed by atoms with Gasteiger partial charge in [-0.1, -0.05) is 19.1 Å². The molecule has 7 nitrogen and oxygen atoms in total. The fraction of sp³-hybridized carbons (Fsp3) is 0.533. The molecule has 1 aromatic carbocycles. The van der Waals surface area contributed by atoms with Crippen molar-refractivity contribution in [1.82, 2.24) is 5.32 Å². The van der Waals surface area contributed by atoms with Gasteiger partial charge >= 0.3 is 5.97 Å². The van der Waals surface area contributed by atoms with E-state index in [1.165, 1.54) is 6.07 Å². The van der Waals surface area contributed by atoms with Gasteiger partial charge in [-0.25, -0.2) is 0 Å². The first-order valence-electron chi connectivity index (χ1n) is 7.17. The normalized spacial score (nSPS) is 20.3. The molecule has 22 heavy (non-hydrogen) atoms. The van der Waals surface area contributed by atoms with Crippen molar-refractivity contribution in [3.63, 3.8) is 0 Å². The van der Waals surface area contributed by atoms with E-state index < -0.39 is 11.8 Å². The zero-order chi connectivity index (χ0) is 16.5. The van der Waals surface area contributed by atoms with Crippen molar-refractivity contribution in [3.05, 3.63) is 29.3 Å². The van der Waals surface area contributed by atoms with Gasteiger partial charge in [0.15, 0.2) is 0 Å². The molecule has 0 spiro atoms. The first-order chi connectivity index (χ1) is 10.2. The van der Waals surface area contributed by atoms with Gasteiger partial charge in [-0.05, 0) is 30.4 Å². The summed E-state index contributed by atoms with van der Waals surface area (Å²) in [5.41, 5.74) is 0.787. The van der Waals surface area contributed by atoms with Crippen LogP contribution < -0.4 is 10.1 Å². The molecule has 1 aliphatic heterocycles. The number of carbonyl (C=O) groups excluding carboxylic acids is 1. The maximum atomic E-state index is 10.1. The Morgan fingerprint density at radius 2 is 1.95 bits per heavy atom. The topological polar surface area (TPSA) is 119 Å². The molecule has 122 valence electrons. The molecule has 7 heteroatoms. The van der Waals surface area contributed by atoms with E-state index in [9.17, 15) is 25.2 Å². The third kappa shape index (κ3) is 2.93. The van der Waals surface area contributed by atoms with Crippen LogP contribution in [0.1, 0.15) is 43.2 Å². The summed E-state index contributed by atoms with van der Waals surface area (Å²) < 4.78 is 4.74. The van der Waals surface area contributed by atoms with E-state index in [-0.39, 0.29) is 23.1 Å². The Morgan fingerprint density at radius 1 is 1.32 bits per heavy atom. The smallest absolute Gasteiger partial charge is 0.384 e. The Kier molecular flexibility index (Phi) is 4.44. The lowest BCUT2D eigenvalue weighted by molar-refractivity contribution is -0.426. The molecule has 0 unspecified atom stereocenters. The van der Waals surface area contributed by atoms with Crippen LogP contribution in [0.15, 0.2) is 18.2 Å². The number of rotatable bonds is 2. The molecule has 0 atom stereocenters. The van der Waals surface area contributed by atoms with Gasteiger partial charge in [-0.3, -0.25) is 4.79 Å². The molecule has 1 amide bonds. The Bertz CT molecular complexity index is 559. The maximum Gasteiger partial charge on any atom is 0.384 e. The summed E-state index contributed by atoms with van der Waals surface area (Å²) in [6.07, 6.45) is 2.52. The fourth-order valence-electron chi connectivity index (χ4n) is 2.30. The summed E-state index contributed by atoms with van der Waals surface area (Å²) in [5, 5.41) is 40.8. The van der Waals surface area contributed by atoms with E-state index in [0.717, 1.165) is 12.8 Å². The van der Waals surface area contributed by atoms with Gasteiger partial charge in [0.05, 0.1) is 5.56 Å². The van der Waals surface area contributed by atoms with Gasteiger partial charge < -0.3 is 30.5 Å². The number of hydrogen-bond acceptors (Lipinski definition) is 6. The lowest BCUT2D eigenvalue weighted by atomic mass is 9.96. The number of amides is 1. The third-order valence-corrected chi connectivity index (χ3v) is 3.73. The molecule has 3 rings (SSSR count). The predicted octanol–water partition coefficient (Wildman–Crippen LogP) is -0.125. The van der Waals surface area contributed by atoms with E-state index in [0.29, 0.717) is 12.0 Å². The Balaban J connectivity index is 0.000000254. The van der Waals surface area contributed by atoms with Crippen LogP contribution in [0.2, 0.25) is 0 Å². The summed E-state index contributed by atoms with van der Waals surface area (Å²) in [5.74, 6) is -5.30. The van der Waals surface area contributed by atoms with E-state index in [1.54, 1.807) is 19.2 Å². The summed E-state index contributed by atoms with van der Waals surface area (Å²) in [7, 11) is 1.63. The molecule has 0 aromatic heterocycles. The Hall–Kier alpha value is -1.67. The van der Waals surface area contributed by atoms with Crippen LogP contribution in [0.3, 0.4) is 0 Å². The minimum Gasteiger partial charge on any atom is -0.434 e. The van der Waals surface area contributed by atoms with Crippen LogP contribution in [-0.4, -0.2) is 39.4 Å². The van der Waals surface area contributed by atoms with E-state index in [1.807, 2.05) is 6.92 Å². The van der Waals surface area contributed by atoms with Crippen LogP contribution in [0, 0.1) is 0 Å². The van der Waals surface area contributed by atoms with Gasteiger partial charge in [-0.15, -0.1) is 0 Å². The Labute approximate surface area is 128 Å². The monoisotopic (exact) mass is 311 g/mol. The van der Waals surface area contributed by atoms with E-state index >= 15 is 0 Å². The van der Waals surface area contributed by atoms with Gasteiger partial charge in [0.2, 0.25) is 5.91 Å². The second kappa shape index (κ2) is 5.85. The first-order valence-corrected chi connectivity index (χ1v) is 7.17. The van der Waals surface area contributed by atoms with Crippen molar-refractivity contribution >= 4 is 5.91 Å². The standard InChI is InChI=1S/C11H12O5.C4H9NO/c12-10(13)9-7(6-4-5-6)2-1-3-8(9)16-11(10,14)15;1-3-4(6)5-2/h1-3,6,12-15H,4-5H2;3H2,1-2H3,(H,5,6). The number of hydrogen-bond donors (Lipinski definition) is 5. The average molecular weight is 311 g/mol. The van der Waals surface area contributed by atoms with Crippen LogP contribution in [0.25, 0.3) is 0 Å². The molecular weight excluding hydrogens is 290 g/mol. The van der Waals surface area contributed by atoms with E-state index in [4.69, 9.17) is 4.74 Å². The Morgan fingerprint density at radius 3 is 2.41 bits per heavy atom. The van der Waals surface area contributed by atoms with Crippen LogP contribution in [-0.2, 0) is 10.6 Å². The largest absolute Gasteiger partial charge is 0.434 e. The first kappa shape index (κ1) is 16.7. The van der Waals surface area contributed by atoms with Crippen molar-refractivity contribution in [2.75, 3.05) is 7.05 Å².